The quantitative estimate of drug-likeness (QED) is 0.226. The Morgan fingerprint density at radius 1 is 1.07 bits per heavy atom. The van der Waals surface area contributed by atoms with Crippen LogP contribution in [0.3, 0.4) is 0 Å². The molecule has 1 aliphatic heterocycles. The van der Waals surface area contributed by atoms with Crippen molar-refractivity contribution in [1.82, 2.24) is 24.3 Å². The molecule has 0 saturated carbocycles. The standard InChI is InChI=1S/C33H39N5O4S2/c1-19-9-11-25(20(2)17-19)38-30(40)27-21(3)22(4)43-28(27)35-31(38)44-26-12-10-23(18-34-26)29(39)36(8)24-13-15-37(16-14-24)32(41)42-33(5,6)7/h9-12,17-18,24H,13-16H2,1-8H3. The smallest absolute Gasteiger partial charge is 0.410 e. The lowest BCUT2D eigenvalue weighted by Crippen LogP contribution is -2.48. The number of nitrogens with zero attached hydrogens (tertiary/aromatic N) is 5. The number of carbonyl (C=O) groups is 2. The number of hydrogen-bond donors (Lipinski definition) is 0. The Kier molecular flexibility index (Phi) is 8.91. The average Bonchev–Trinajstić information content (AvgIpc) is 3.25. The van der Waals surface area contributed by atoms with Crippen molar-refractivity contribution >= 4 is 45.3 Å². The maximum atomic E-state index is 13.9. The Labute approximate surface area is 266 Å². The summed E-state index contributed by atoms with van der Waals surface area (Å²) in [4.78, 5) is 54.5. The van der Waals surface area contributed by atoms with Crippen LogP contribution >= 0.6 is 23.1 Å². The lowest BCUT2D eigenvalue weighted by molar-refractivity contribution is 0.0160. The highest BCUT2D eigenvalue weighted by atomic mass is 32.2. The third kappa shape index (κ3) is 6.53. The highest BCUT2D eigenvalue weighted by molar-refractivity contribution is 7.99. The van der Waals surface area contributed by atoms with E-state index in [0.29, 0.717) is 51.9 Å². The first kappa shape index (κ1) is 31.7. The minimum Gasteiger partial charge on any atom is -0.444 e. The van der Waals surface area contributed by atoms with Gasteiger partial charge >= 0.3 is 6.09 Å². The predicted octanol–water partition coefficient (Wildman–Crippen LogP) is 6.70. The largest absolute Gasteiger partial charge is 0.444 e. The van der Waals surface area contributed by atoms with Crippen molar-refractivity contribution in [3.63, 3.8) is 0 Å². The summed E-state index contributed by atoms with van der Waals surface area (Å²) in [7, 11) is 1.80. The number of hydrogen-bond acceptors (Lipinski definition) is 8. The molecule has 4 aromatic rings. The molecule has 44 heavy (non-hydrogen) atoms. The summed E-state index contributed by atoms with van der Waals surface area (Å²) < 4.78 is 7.17. The van der Waals surface area contributed by atoms with Crippen molar-refractivity contribution in [3.8, 4) is 5.69 Å². The first-order chi connectivity index (χ1) is 20.7. The first-order valence-electron chi connectivity index (χ1n) is 14.7. The van der Waals surface area contributed by atoms with Gasteiger partial charge in [0.25, 0.3) is 11.5 Å². The molecule has 232 valence electrons. The van der Waals surface area contributed by atoms with Crippen LogP contribution in [-0.4, -0.2) is 68.1 Å². The molecule has 0 N–H and O–H groups in total. The molecule has 5 rings (SSSR count). The normalized spacial score (nSPS) is 14.2. The summed E-state index contributed by atoms with van der Waals surface area (Å²) in [5, 5.41) is 1.80. The summed E-state index contributed by atoms with van der Waals surface area (Å²) in [5.41, 5.74) is 3.67. The van der Waals surface area contributed by atoms with Crippen molar-refractivity contribution < 1.29 is 14.3 Å². The number of carbonyl (C=O) groups excluding carboxylic acids is 2. The monoisotopic (exact) mass is 633 g/mol. The van der Waals surface area contributed by atoms with Gasteiger partial charge in [-0.3, -0.25) is 14.2 Å². The second kappa shape index (κ2) is 12.4. The van der Waals surface area contributed by atoms with Gasteiger partial charge in [0.05, 0.1) is 16.6 Å². The van der Waals surface area contributed by atoms with Gasteiger partial charge in [-0.15, -0.1) is 11.3 Å². The zero-order chi connectivity index (χ0) is 31.9. The molecule has 0 unspecified atom stereocenters. The summed E-state index contributed by atoms with van der Waals surface area (Å²) in [5.74, 6) is -0.124. The summed E-state index contributed by atoms with van der Waals surface area (Å²) >= 11 is 2.82. The molecular formula is C33H39N5O4S2. The number of benzene rings is 1. The number of amides is 2. The van der Waals surface area contributed by atoms with E-state index < -0.39 is 5.60 Å². The molecule has 2 amide bonds. The Hall–Kier alpha value is -3.70. The van der Waals surface area contributed by atoms with E-state index in [1.54, 1.807) is 39.7 Å². The number of aryl methyl sites for hydroxylation is 4. The van der Waals surface area contributed by atoms with E-state index in [4.69, 9.17) is 9.72 Å². The van der Waals surface area contributed by atoms with Crippen molar-refractivity contribution in [2.24, 2.45) is 0 Å². The highest BCUT2D eigenvalue weighted by Crippen LogP contribution is 2.33. The minimum atomic E-state index is -0.542. The van der Waals surface area contributed by atoms with Crippen LogP contribution in [0.5, 0.6) is 0 Å². The van der Waals surface area contributed by atoms with Crippen molar-refractivity contribution in [1.29, 1.82) is 0 Å². The number of thiophene rings is 1. The molecule has 0 radical (unpaired) electrons. The van der Waals surface area contributed by atoms with Crippen LogP contribution in [0.25, 0.3) is 15.9 Å². The van der Waals surface area contributed by atoms with Gasteiger partial charge in [0, 0.05) is 37.3 Å². The van der Waals surface area contributed by atoms with Gasteiger partial charge < -0.3 is 14.5 Å². The molecule has 1 saturated heterocycles. The Balaban J connectivity index is 1.35. The SMILES string of the molecule is Cc1ccc(-n2c(Sc3ccc(C(=O)N(C)C4CCN(C(=O)OC(C)(C)C)CC4)cn3)nc3sc(C)c(C)c3c2=O)c(C)c1. The highest BCUT2D eigenvalue weighted by Gasteiger charge is 2.30. The van der Waals surface area contributed by atoms with E-state index >= 15 is 0 Å². The molecule has 0 bridgehead atoms. The summed E-state index contributed by atoms with van der Waals surface area (Å²) in [6.45, 7) is 14.6. The van der Waals surface area contributed by atoms with Crippen LogP contribution in [0.2, 0.25) is 0 Å². The molecule has 3 aromatic heterocycles. The number of likely N-dealkylation sites (tertiary alicyclic amines) is 1. The zero-order valence-corrected chi connectivity index (χ0v) is 28.2. The van der Waals surface area contributed by atoms with Gasteiger partial charge in [-0.25, -0.2) is 14.8 Å². The number of ether oxygens (including phenoxy) is 1. The van der Waals surface area contributed by atoms with Crippen molar-refractivity contribution in [3.05, 3.63) is 74.0 Å². The van der Waals surface area contributed by atoms with E-state index in [9.17, 15) is 14.4 Å². The molecule has 4 heterocycles. The molecule has 11 heteroatoms. The van der Waals surface area contributed by atoms with Crippen LogP contribution < -0.4 is 5.56 Å². The molecule has 1 aromatic carbocycles. The Morgan fingerprint density at radius 3 is 2.39 bits per heavy atom. The van der Waals surface area contributed by atoms with Crippen LogP contribution in [0.15, 0.2) is 51.5 Å². The van der Waals surface area contributed by atoms with Crippen LogP contribution in [0.1, 0.15) is 65.5 Å². The summed E-state index contributed by atoms with van der Waals surface area (Å²) in [6, 6.07) is 9.59. The van der Waals surface area contributed by atoms with E-state index in [-0.39, 0.29) is 23.6 Å². The van der Waals surface area contributed by atoms with E-state index in [1.807, 2.05) is 60.6 Å². The van der Waals surface area contributed by atoms with Gasteiger partial charge in [0.15, 0.2) is 5.16 Å². The summed E-state index contributed by atoms with van der Waals surface area (Å²) in [6.07, 6.45) is 2.61. The van der Waals surface area contributed by atoms with Crippen molar-refractivity contribution in [2.75, 3.05) is 20.1 Å². The van der Waals surface area contributed by atoms with Gasteiger partial charge in [-0.2, -0.15) is 0 Å². The predicted molar refractivity (Wildman–Crippen MR) is 175 cm³/mol. The lowest BCUT2D eigenvalue weighted by atomic mass is 10.0. The lowest BCUT2D eigenvalue weighted by Gasteiger charge is -2.37. The molecule has 0 aliphatic carbocycles. The van der Waals surface area contributed by atoms with E-state index in [0.717, 1.165) is 27.3 Å². The van der Waals surface area contributed by atoms with Crippen LogP contribution in [0.4, 0.5) is 4.79 Å². The minimum absolute atomic E-state index is 0.0102. The third-order valence-corrected chi connectivity index (χ3v) is 9.94. The molecular weight excluding hydrogens is 595 g/mol. The maximum absolute atomic E-state index is 13.9. The topological polar surface area (TPSA) is 97.6 Å². The second-order valence-electron chi connectivity index (χ2n) is 12.4. The molecule has 0 spiro atoms. The zero-order valence-electron chi connectivity index (χ0n) is 26.6. The van der Waals surface area contributed by atoms with Gasteiger partial charge in [-0.1, -0.05) is 17.7 Å². The maximum Gasteiger partial charge on any atom is 0.410 e. The number of fused-ring (bicyclic) bond motifs is 1. The fourth-order valence-electron chi connectivity index (χ4n) is 5.40. The Bertz CT molecular complexity index is 1780. The van der Waals surface area contributed by atoms with E-state index in [2.05, 4.69) is 11.1 Å². The van der Waals surface area contributed by atoms with Crippen LogP contribution in [0, 0.1) is 27.7 Å². The average molecular weight is 634 g/mol. The number of aromatic nitrogens is 3. The molecule has 1 fully saturated rings. The Morgan fingerprint density at radius 2 is 1.77 bits per heavy atom. The fraction of sp³-hybridized carbons (Fsp3) is 0.424. The number of pyridine rings is 1. The van der Waals surface area contributed by atoms with Gasteiger partial charge in [0.1, 0.15) is 15.5 Å². The molecule has 9 nitrogen and oxygen atoms in total. The van der Waals surface area contributed by atoms with Gasteiger partial charge in [-0.05, 0) is 102 Å². The second-order valence-corrected chi connectivity index (χ2v) is 14.6. The molecule has 1 aliphatic rings. The van der Waals surface area contributed by atoms with E-state index in [1.165, 1.54) is 23.1 Å². The first-order valence-corrected chi connectivity index (χ1v) is 16.4. The van der Waals surface area contributed by atoms with Gasteiger partial charge in [0.2, 0.25) is 0 Å². The number of piperidine rings is 1. The van der Waals surface area contributed by atoms with Crippen molar-refractivity contribution in [2.45, 2.75) is 83.1 Å². The third-order valence-electron chi connectivity index (χ3n) is 7.93. The fourth-order valence-corrected chi connectivity index (χ4v) is 7.32. The number of rotatable bonds is 5. The molecule has 0 atom stereocenters. The van der Waals surface area contributed by atoms with Crippen LogP contribution in [-0.2, 0) is 4.74 Å².